The first-order chi connectivity index (χ1) is 11.3. The minimum absolute atomic E-state index is 0.0358. The average molecular weight is 412 g/mol. The molecule has 2 aromatic rings. The Morgan fingerprint density at radius 2 is 1.83 bits per heavy atom. The molecule has 130 valence electrons. The highest BCUT2D eigenvalue weighted by atomic mass is 79.9. The molecule has 2 rings (SSSR count). The normalized spacial score (nSPS) is 12.8. The molecule has 0 saturated carbocycles. The molecule has 0 aliphatic carbocycles. The lowest BCUT2D eigenvalue weighted by Gasteiger charge is -2.19. The van der Waals surface area contributed by atoms with Crippen LogP contribution in [0.25, 0.3) is 0 Å². The van der Waals surface area contributed by atoms with E-state index in [1.54, 1.807) is 7.11 Å². The van der Waals surface area contributed by atoms with Crippen LogP contribution in [0.4, 0.5) is 0 Å². The molecule has 1 atom stereocenters. The summed E-state index contributed by atoms with van der Waals surface area (Å²) in [6.07, 6.45) is 0.672. The first-order valence-corrected chi connectivity index (χ1v) is 10.2. The van der Waals surface area contributed by atoms with Gasteiger partial charge in [-0.05, 0) is 48.2 Å². The number of hydrogen-bond acceptors (Lipinski definition) is 3. The van der Waals surface area contributed by atoms with Gasteiger partial charge in [-0.2, -0.15) is 0 Å². The number of rotatable bonds is 7. The molecule has 0 radical (unpaired) electrons. The second-order valence-electron chi connectivity index (χ2n) is 5.69. The van der Waals surface area contributed by atoms with Gasteiger partial charge in [-0.15, -0.1) is 0 Å². The van der Waals surface area contributed by atoms with E-state index in [1.165, 1.54) is 0 Å². The van der Waals surface area contributed by atoms with Crippen LogP contribution >= 0.6 is 15.9 Å². The molecule has 0 unspecified atom stereocenters. The molecule has 0 saturated heterocycles. The molecule has 0 aliphatic heterocycles. The zero-order valence-electron chi connectivity index (χ0n) is 14.0. The van der Waals surface area contributed by atoms with Gasteiger partial charge in [0.2, 0.25) is 10.0 Å². The molecular weight excluding hydrogens is 390 g/mol. The Morgan fingerprint density at radius 1 is 1.17 bits per heavy atom. The lowest BCUT2D eigenvalue weighted by Crippen LogP contribution is -2.29. The molecule has 0 aromatic heterocycles. The summed E-state index contributed by atoms with van der Waals surface area (Å²) in [6, 6.07) is 12.8. The van der Waals surface area contributed by atoms with Gasteiger partial charge in [-0.3, -0.25) is 0 Å². The highest BCUT2D eigenvalue weighted by Crippen LogP contribution is 2.25. The van der Waals surface area contributed by atoms with Crippen molar-refractivity contribution in [3.05, 3.63) is 63.6 Å². The van der Waals surface area contributed by atoms with Crippen LogP contribution in [-0.2, 0) is 15.8 Å². The van der Waals surface area contributed by atoms with E-state index in [0.29, 0.717) is 6.42 Å². The van der Waals surface area contributed by atoms with Gasteiger partial charge in [-0.25, -0.2) is 13.1 Å². The van der Waals surface area contributed by atoms with Crippen molar-refractivity contribution in [2.75, 3.05) is 7.11 Å². The zero-order valence-corrected chi connectivity index (χ0v) is 16.4. The Labute approximate surface area is 152 Å². The maximum absolute atomic E-state index is 12.5. The van der Waals surface area contributed by atoms with Crippen LogP contribution in [0.1, 0.15) is 36.1 Å². The van der Waals surface area contributed by atoms with Gasteiger partial charge >= 0.3 is 0 Å². The number of nitrogens with one attached hydrogen (secondary N) is 1. The van der Waals surface area contributed by atoms with Crippen LogP contribution in [0, 0.1) is 6.92 Å². The van der Waals surface area contributed by atoms with Crippen molar-refractivity contribution in [3.8, 4) is 5.75 Å². The lowest BCUT2D eigenvalue weighted by molar-refractivity contribution is 0.411. The Kier molecular flexibility index (Phi) is 6.43. The number of hydrogen-bond donors (Lipinski definition) is 1. The minimum atomic E-state index is -3.43. The molecule has 0 aliphatic rings. The van der Waals surface area contributed by atoms with Gasteiger partial charge in [0.25, 0.3) is 0 Å². The number of methoxy groups -OCH3 is 1. The summed E-state index contributed by atoms with van der Waals surface area (Å²) in [4.78, 5) is 0. The first-order valence-electron chi connectivity index (χ1n) is 7.73. The Hall–Kier alpha value is -1.37. The summed E-state index contributed by atoms with van der Waals surface area (Å²) < 4.78 is 34.0. The Bertz CT molecular complexity index is 788. The molecule has 0 bridgehead atoms. The van der Waals surface area contributed by atoms with Crippen LogP contribution in [0.2, 0.25) is 0 Å². The van der Waals surface area contributed by atoms with Crippen molar-refractivity contribution in [1.29, 1.82) is 0 Å². The van der Waals surface area contributed by atoms with Crippen molar-refractivity contribution in [2.24, 2.45) is 0 Å². The topological polar surface area (TPSA) is 55.4 Å². The van der Waals surface area contributed by atoms with Crippen molar-refractivity contribution >= 4 is 26.0 Å². The molecular formula is C18H22BrNO3S. The van der Waals surface area contributed by atoms with Crippen LogP contribution in [-0.4, -0.2) is 15.5 Å². The molecule has 4 nitrogen and oxygen atoms in total. The molecule has 0 fully saturated rings. The third-order valence-electron chi connectivity index (χ3n) is 3.82. The summed E-state index contributed by atoms with van der Waals surface area (Å²) >= 11 is 3.35. The van der Waals surface area contributed by atoms with Crippen molar-refractivity contribution < 1.29 is 13.2 Å². The van der Waals surface area contributed by atoms with E-state index in [-0.39, 0.29) is 11.8 Å². The van der Waals surface area contributed by atoms with Gasteiger partial charge in [-0.1, -0.05) is 47.1 Å². The second-order valence-corrected chi connectivity index (χ2v) is 8.36. The van der Waals surface area contributed by atoms with Gasteiger partial charge in [0.15, 0.2) is 0 Å². The molecule has 1 N–H and O–H groups in total. The standard InChI is InChI=1S/C18H22BrNO3S/c1-4-17(15-7-10-18(23-3)13(2)11-15)20-24(21,22)12-14-5-8-16(19)9-6-14/h5-11,17,20H,4,12H2,1-3H3/t17-/m1/s1. The van der Waals surface area contributed by atoms with Crippen LogP contribution in [0.15, 0.2) is 46.9 Å². The Balaban J connectivity index is 2.16. The fraction of sp³-hybridized carbons (Fsp3) is 0.333. The van der Waals surface area contributed by atoms with E-state index >= 15 is 0 Å². The van der Waals surface area contributed by atoms with Crippen molar-refractivity contribution in [3.63, 3.8) is 0 Å². The largest absolute Gasteiger partial charge is 0.496 e. The highest BCUT2D eigenvalue weighted by Gasteiger charge is 2.19. The predicted octanol–water partition coefficient (Wildman–Crippen LogP) is 4.34. The summed E-state index contributed by atoms with van der Waals surface area (Å²) in [6.45, 7) is 3.91. The molecule has 0 spiro atoms. The van der Waals surface area contributed by atoms with Gasteiger partial charge in [0, 0.05) is 10.5 Å². The molecule has 6 heteroatoms. The van der Waals surface area contributed by atoms with Crippen LogP contribution in [0.5, 0.6) is 5.75 Å². The number of sulfonamides is 1. The molecule has 2 aromatic carbocycles. The monoisotopic (exact) mass is 411 g/mol. The van der Waals surface area contributed by atoms with Crippen molar-refractivity contribution in [2.45, 2.75) is 32.1 Å². The number of benzene rings is 2. The minimum Gasteiger partial charge on any atom is -0.496 e. The molecule has 0 amide bonds. The van der Waals surface area contributed by atoms with E-state index in [9.17, 15) is 8.42 Å². The van der Waals surface area contributed by atoms with E-state index in [2.05, 4.69) is 20.7 Å². The van der Waals surface area contributed by atoms with Crippen molar-refractivity contribution in [1.82, 2.24) is 4.72 Å². The summed E-state index contributed by atoms with van der Waals surface area (Å²) in [5.74, 6) is 0.762. The number of aryl methyl sites for hydroxylation is 1. The quantitative estimate of drug-likeness (QED) is 0.736. The van der Waals surface area contributed by atoms with Gasteiger partial charge in [0.1, 0.15) is 5.75 Å². The van der Waals surface area contributed by atoms with E-state index in [1.807, 2.05) is 56.3 Å². The predicted molar refractivity (Wildman–Crippen MR) is 101 cm³/mol. The maximum Gasteiger partial charge on any atom is 0.216 e. The first kappa shape index (κ1) is 19.0. The maximum atomic E-state index is 12.5. The number of halogens is 1. The average Bonchev–Trinajstić information content (AvgIpc) is 2.54. The Morgan fingerprint density at radius 3 is 2.38 bits per heavy atom. The van der Waals surface area contributed by atoms with E-state index < -0.39 is 10.0 Å². The second kappa shape index (κ2) is 8.14. The molecule has 0 heterocycles. The fourth-order valence-corrected chi connectivity index (χ4v) is 4.28. The lowest BCUT2D eigenvalue weighted by atomic mass is 10.0. The van der Waals surface area contributed by atoms with Gasteiger partial charge in [0.05, 0.1) is 12.9 Å². The summed E-state index contributed by atoms with van der Waals surface area (Å²) in [7, 11) is -1.81. The fourth-order valence-electron chi connectivity index (χ4n) is 2.56. The van der Waals surface area contributed by atoms with Crippen LogP contribution < -0.4 is 9.46 Å². The van der Waals surface area contributed by atoms with E-state index in [4.69, 9.17) is 4.74 Å². The van der Waals surface area contributed by atoms with E-state index in [0.717, 1.165) is 26.9 Å². The SMILES string of the molecule is CC[C@@H](NS(=O)(=O)Cc1ccc(Br)cc1)c1ccc(OC)c(C)c1. The van der Waals surface area contributed by atoms with Crippen LogP contribution in [0.3, 0.4) is 0 Å². The molecule has 24 heavy (non-hydrogen) atoms. The van der Waals surface area contributed by atoms with Gasteiger partial charge < -0.3 is 4.74 Å². The number of ether oxygens (including phenoxy) is 1. The third-order valence-corrected chi connectivity index (χ3v) is 5.71. The summed E-state index contributed by atoms with van der Waals surface area (Å²) in [5.41, 5.74) is 2.68. The zero-order chi connectivity index (χ0) is 17.7. The highest BCUT2D eigenvalue weighted by molar-refractivity contribution is 9.10. The smallest absolute Gasteiger partial charge is 0.216 e. The summed E-state index contributed by atoms with van der Waals surface area (Å²) in [5, 5.41) is 0. The third kappa shape index (κ3) is 5.06.